The summed E-state index contributed by atoms with van der Waals surface area (Å²) in [7, 11) is 0. The topological polar surface area (TPSA) is 102 Å². The molecule has 178 valence electrons. The molecule has 0 amide bonds. The Bertz CT molecular complexity index is 1420. The minimum atomic E-state index is -1.41. The lowest BCUT2D eigenvalue weighted by atomic mass is 9.98. The monoisotopic (exact) mass is 462 g/mol. The molecule has 3 heterocycles. The maximum absolute atomic E-state index is 13.0. The lowest BCUT2D eigenvalue weighted by molar-refractivity contribution is 0.0848. The smallest absolute Gasteiger partial charge is 0.450 e. The second kappa shape index (κ2) is 10.5. The van der Waals surface area contributed by atoms with Gasteiger partial charge in [-0.2, -0.15) is 0 Å². The average Bonchev–Trinajstić information content (AvgIpc) is 3.21. The fraction of sp³-hybridized carbons (Fsp3) is 0.296. The largest absolute Gasteiger partial charge is 0.506 e. The molecule has 1 aliphatic heterocycles. The number of rotatable bonds is 3. The van der Waals surface area contributed by atoms with Gasteiger partial charge in [0.25, 0.3) is 5.56 Å². The number of nitrogens with zero attached hydrogens (tertiary/aromatic N) is 2. The molecule has 7 heteroatoms. The van der Waals surface area contributed by atoms with Crippen LogP contribution in [0.1, 0.15) is 49.9 Å². The van der Waals surface area contributed by atoms with Crippen LogP contribution >= 0.6 is 0 Å². The Kier molecular flexibility index (Phi) is 7.68. The zero-order valence-corrected chi connectivity index (χ0v) is 20.2. The zero-order valence-electron chi connectivity index (χ0n) is 20.2. The van der Waals surface area contributed by atoms with Crippen molar-refractivity contribution in [2.75, 3.05) is 0 Å². The molecule has 0 saturated carbocycles. The van der Waals surface area contributed by atoms with E-state index in [1.807, 2.05) is 70.2 Å². The molecule has 2 N–H and O–H groups in total. The van der Waals surface area contributed by atoms with Gasteiger partial charge in [0, 0.05) is 10.9 Å². The molecule has 0 aliphatic carbocycles. The summed E-state index contributed by atoms with van der Waals surface area (Å²) in [4.78, 5) is 28.6. The fourth-order valence-electron chi connectivity index (χ4n) is 4.27. The van der Waals surface area contributed by atoms with Gasteiger partial charge < -0.3 is 19.5 Å². The molecular weight excluding hydrogens is 432 g/mol. The van der Waals surface area contributed by atoms with E-state index in [9.17, 15) is 14.7 Å². The van der Waals surface area contributed by atoms with Gasteiger partial charge in [0.05, 0.1) is 35.6 Å². The molecule has 1 aliphatic rings. The number of aliphatic hydroxyl groups is 1. The van der Waals surface area contributed by atoms with Gasteiger partial charge in [0.1, 0.15) is 6.61 Å². The number of hydrogen-bond acceptors (Lipinski definition) is 5. The molecule has 2 aromatic heterocycles. The van der Waals surface area contributed by atoms with Crippen molar-refractivity contribution in [1.29, 1.82) is 0 Å². The van der Waals surface area contributed by atoms with Crippen molar-refractivity contribution in [3.05, 3.63) is 75.1 Å². The van der Waals surface area contributed by atoms with E-state index in [4.69, 9.17) is 10.1 Å². The van der Waals surface area contributed by atoms with Crippen molar-refractivity contribution in [1.82, 2.24) is 9.55 Å². The first-order chi connectivity index (χ1) is 16.5. The van der Waals surface area contributed by atoms with Crippen LogP contribution in [-0.4, -0.2) is 25.9 Å². The van der Waals surface area contributed by atoms with E-state index in [1.165, 1.54) is 0 Å². The van der Waals surface area contributed by atoms with E-state index in [-0.39, 0.29) is 18.8 Å². The summed E-state index contributed by atoms with van der Waals surface area (Å²) in [6.45, 7) is 9.77. The maximum Gasteiger partial charge on any atom is 0.506 e. The van der Waals surface area contributed by atoms with Crippen LogP contribution < -0.4 is 5.56 Å². The van der Waals surface area contributed by atoms with Crippen LogP contribution in [0.15, 0.2) is 47.3 Å². The van der Waals surface area contributed by atoms with E-state index in [0.29, 0.717) is 23.4 Å². The number of aliphatic hydroxyl groups excluding tert-OH is 1. The van der Waals surface area contributed by atoms with Gasteiger partial charge in [-0.3, -0.25) is 4.79 Å². The van der Waals surface area contributed by atoms with Crippen LogP contribution in [0.4, 0.5) is 4.79 Å². The van der Waals surface area contributed by atoms with Gasteiger partial charge >= 0.3 is 6.16 Å². The molecule has 5 rings (SSSR count). The summed E-state index contributed by atoms with van der Waals surface area (Å²) in [5, 5.41) is 21.5. The minimum Gasteiger partial charge on any atom is -0.450 e. The van der Waals surface area contributed by atoms with Crippen molar-refractivity contribution in [3.8, 4) is 11.4 Å². The summed E-state index contributed by atoms with van der Waals surface area (Å²) >= 11 is 0. The molecule has 7 nitrogen and oxygen atoms in total. The SMILES string of the molecule is CC.CC.Cc1cc2n(c(=O)c1COC(=O)O)Cc1cc3c(ccc4cccc(CO)c43)nc1-2. The van der Waals surface area contributed by atoms with Gasteiger partial charge in [-0.15, -0.1) is 0 Å². The van der Waals surface area contributed by atoms with Crippen LogP contribution in [-0.2, 0) is 24.5 Å². The number of carbonyl (C=O) groups is 1. The Balaban J connectivity index is 0.000000771. The molecular formula is C27H30N2O5. The van der Waals surface area contributed by atoms with Crippen LogP contribution in [0, 0.1) is 6.92 Å². The van der Waals surface area contributed by atoms with Gasteiger partial charge in [-0.1, -0.05) is 52.0 Å². The van der Waals surface area contributed by atoms with Gasteiger partial charge in [0.15, 0.2) is 0 Å². The predicted octanol–water partition coefficient (Wildman–Crippen LogP) is 5.63. The molecule has 0 unspecified atom stereocenters. The molecule has 2 aromatic carbocycles. The number of benzene rings is 2. The van der Waals surface area contributed by atoms with E-state index in [0.717, 1.165) is 38.5 Å². The highest BCUT2D eigenvalue weighted by molar-refractivity contribution is 6.08. The lowest BCUT2D eigenvalue weighted by Gasteiger charge is -2.10. The highest BCUT2D eigenvalue weighted by atomic mass is 16.7. The summed E-state index contributed by atoms with van der Waals surface area (Å²) < 4.78 is 6.24. The van der Waals surface area contributed by atoms with Crippen molar-refractivity contribution >= 4 is 27.8 Å². The van der Waals surface area contributed by atoms with Crippen molar-refractivity contribution in [2.24, 2.45) is 0 Å². The quantitative estimate of drug-likeness (QED) is 0.266. The highest BCUT2D eigenvalue weighted by Crippen LogP contribution is 2.35. The maximum atomic E-state index is 13.0. The van der Waals surface area contributed by atoms with Crippen molar-refractivity contribution < 1.29 is 19.7 Å². The summed E-state index contributed by atoms with van der Waals surface area (Å²) in [6, 6.07) is 13.6. The van der Waals surface area contributed by atoms with E-state index in [2.05, 4.69) is 4.74 Å². The number of pyridine rings is 2. The van der Waals surface area contributed by atoms with Gasteiger partial charge in [-0.25, -0.2) is 9.78 Å². The van der Waals surface area contributed by atoms with Gasteiger partial charge in [0.2, 0.25) is 0 Å². The van der Waals surface area contributed by atoms with Crippen LogP contribution in [0.5, 0.6) is 0 Å². The van der Waals surface area contributed by atoms with E-state index in [1.54, 1.807) is 11.5 Å². The third-order valence-electron chi connectivity index (χ3n) is 5.71. The average molecular weight is 463 g/mol. The fourth-order valence-corrected chi connectivity index (χ4v) is 4.27. The molecule has 0 fully saturated rings. The third kappa shape index (κ3) is 4.26. The minimum absolute atomic E-state index is 0.0701. The third-order valence-corrected chi connectivity index (χ3v) is 5.71. The number of fused-ring (bicyclic) bond motifs is 6. The number of hydrogen-bond donors (Lipinski definition) is 2. The summed E-state index contributed by atoms with van der Waals surface area (Å²) in [5.74, 6) is 0. The Morgan fingerprint density at radius 2 is 1.85 bits per heavy atom. The Hall–Kier alpha value is -3.71. The lowest BCUT2D eigenvalue weighted by Crippen LogP contribution is -2.25. The van der Waals surface area contributed by atoms with Crippen LogP contribution in [0.2, 0.25) is 0 Å². The molecule has 0 bridgehead atoms. The van der Waals surface area contributed by atoms with Crippen molar-refractivity contribution in [3.63, 3.8) is 0 Å². The Morgan fingerprint density at radius 1 is 1.12 bits per heavy atom. The number of carboxylic acid groups (broad SMARTS) is 1. The first-order valence-corrected chi connectivity index (χ1v) is 11.5. The summed E-state index contributed by atoms with van der Waals surface area (Å²) in [6.07, 6.45) is -1.41. The Morgan fingerprint density at radius 3 is 2.53 bits per heavy atom. The number of aryl methyl sites for hydroxylation is 1. The van der Waals surface area contributed by atoms with Gasteiger partial charge in [-0.05, 0) is 47.0 Å². The molecule has 34 heavy (non-hydrogen) atoms. The number of aromatic nitrogens is 2. The molecule has 4 aromatic rings. The second-order valence-corrected chi connectivity index (χ2v) is 7.44. The zero-order chi connectivity index (χ0) is 25.0. The standard InChI is InChI=1S/C23H18N2O5.2C2H6/c1-12-7-19-21-15(9-25(19)22(27)17(12)11-30-23(28)29)8-16-18(24-21)6-5-13-3-2-4-14(10-26)20(13)16;2*1-2/h2-8,26H,9-11H2,1H3,(H,28,29);2*1-2H3. The highest BCUT2D eigenvalue weighted by Gasteiger charge is 2.25. The molecule has 0 atom stereocenters. The molecule has 0 saturated heterocycles. The number of ether oxygens (including phenoxy) is 1. The van der Waals surface area contributed by atoms with Crippen LogP contribution in [0.25, 0.3) is 33.1 Å². The van der Waals surface area contributed by atoms with E-state index < -0.39 is 6.16 Å². The summed E-state index contributed by atoms with van der Waals surface area (Å²) in [5.41, 5.74) is 4.72. The van der Waals surface area contributed by atoms with Crippen LogP contribution in [0.3, 0.4) is 0 Å². The second-order valence-electron chi connectivity index (χ2n) is 7.44. The first-order valence-electron chi connectivity index (χ1n) is 11.5. The van der Waals surface area contributed by atoms with Crippen molar-refractivity contribution in [2.45, 2.75) is 54.4 Å². The Labute approximate surface area is 198 Å². The molecule has 0 radical (unpaired) electrons. The first kappa shape index (κ1) is 24.9. The van der Waals surface area contributed by atoms with E-state index >= 15 is 0 Å². The molecule has 0 spiro atoms. The normalized spacial score (nSPS) is 11.1. The predicted molar refractivity (Wildman–Crippen MR) is 134 cm³/mol.